The van der Waals surface area contributed by atoms with Crippen LogP contribution in [0.5, 0.6) is 0 Å². The summed E-state index contributed by atoms with van der Waals surface area (Å²) in [5, 5.41) is 13.8. The zero-order valence-corrected chi connectivity index (χ0v) is 13.7. The second-order valence-electron chi connectivity index (χ2n) is 5.64. The van der Waals surface area contributed by atoms with Gasteiger partial charge in [0.25, 0.3) is 0 Å². The van der Waals surface area contributed by atoms with E-state index in [0.717, 1.165) is 23.5 Å². The van der Waals surface area contributed by atoms with Crippen molar-refractivity contribution < 1.29 is 14.6 Å². The van der Waals surface area contributed by atoms with Crippen LogP contribution < -0.4 is 5.32 Å². The summed E-state index contributed by atoms with van der Waals surface area (Å²) >= 11 is 1.69. The number of methoxy groups -OCH3 is 1. The number of hydrogen-bond donors (Lipinski definition) is 2. The number of rotatable bonds is 5. The largest absolute Gasteiger partial charge is 0.390 e. The second-order valence-corrected chi connectivity index (χ2v) is 6.93. The third-order valence-corrected chi connectivity index (χ3v) is 5.27. The third-order valence-electron chi connectivity index (χ3n) is 4.14. The van der Waals surface area contributed by atoms with Crippen molar-refractivity contribution in [3.8, 4) is 0 Å². The molecule has 2 N–H and O–H groups in total. The fourth-order valence-corrected chi connectivity index (χ4v) is 3.62. The maximum absolute atomic E-state index is 12.2. The van der Waals surface area contributed by atoms with Crippen molar-refractivity contribution in [2.45, 2.75) is 51.7 Å². The third kappa shape index (κ3) is 4.25. The topological polar surface area (TPSA) is 71.5 Å². The van der Waals surface area contributed by atoms with Crippen molar-refractivity contribution in [1.29, 1.82) is 0 Å². The Balaban J connectivity index is 1.76. The quantitative estimate of drug-likeness (QED) is 0.866. The molecular weight excluding hydrogens is 288 g/mol. The molecule has 1 heterocycles. The Morgan fingerprint density at radius 1 is 1.48 bits per heavy atom. The lowest BCUT2D eigenvalue weighted by atomic mass is 9.84. The predicted molar refractivity (Wildman–Crippen MR) is 82.4 cm³/mol. The molecule has 0 saturated heterocycles. The molecule has 1 aromatic heterocycles. The maximum atomic E-state index is 12.2. The Morgan fingerprint density at radius 3 is 2.86 bits per heavy atom. The van der Waals surface area contributed by atoms with Gasteiger partial charge >= 0.3 is 0 Å². The van der Waals surface area contributed by atoms with Crippen molar-refractivity contribution in [2.75, 3.05) is 13.7 Å². The lowest BCUT2D eigenvalue weighted by Crippen LogP contribution is -2.41. The molecule has 1 amide bonds. The highest BCUT2D eigenvalue weighted by molar-refractivity contribution is 7.11. The first kappa shape index (κ1) is 16.4. The van der Waals surface area contributed by atoms with Gasteiger partial charge in [0.1, 0.15) is 0 Å². The van der Waals surface area contributed by atoms with Crippen LogP contribution in [0.3, 0.4) is 0 Å². The Hall–Kier alpha value is -0.980. The van der Waals surface area contributed by atoms with Gasteiger partial charge in [-0.1, -0.05) is 0 Å². The number of aliphatic hydroxyl groups is 1. The van der Waals surface area contributed by atoms with Crippen molar-refractivity contribution in [2.24, 2.45) is 5.92 Å². The van der Waals surface area contributed by atoms with E-state index in [1.165, 1.54) is 4.88 Å². The van der Waals surface area contributed by atoms with Gasteiger partial charge in [-0.25, -0.2) is 4.98 Å². The van der Waals surface area contributed by atoms with Crippen LogP contribution in [-0.2, 0) is 16.0 Å². The SMILES string of the molecule is CO[C@@H]1C[C@H](C(=O)NCCc2nc(C)c(C)s2)CC[C@@H]1O. The zero-order valence-electron chi connectivity index (χ0n) is 12.9. The maximum Gasteiger partial charge on any atom is 0.223 e. The summed E-state index contributed by atoms with van der Waals surface area (Å²) in [6.45, 7) is 4.68. The molecule has 1 aliphatic carbocycles. The summed E-state index contributed by atoms with van der Waals surface area (Å²) in [5.74, 6) is 0.00654. The number of thiazole rings is 1. The number of carbonyl (C=O) groups excluding carboxylic acids is 1. The number of aromatic nitrogens is 1. The van der Waals surface area contributed by atoms with Crippen molar-refractivity contribution in [1.82, 2.24) is 10.3 Å². The van der Waals surface area contributed by atoms with Gasteiger partial charge in [-0.3, -0.25) is 4.79 Å². The monoisotopic (exact) mass is 312 g/mol. The summed E-state index contributed by atoms with van der Waals surface area (Å²) in [7, 11) is 1.58. The van der Waals surface area contributed by atoms with Crippen LogP contribution >= 0.6 is 11.3 Å². The van der Waals surface area contributed by atoms with E-state index >= 15 is 0 Å². The molecule has 1 fully saturated rings. The second kappa shape index (κ2) is 7.33. The normalized spacial score (nSPS) is 25.8. The molecule has 0 spiro atoms. The van der Waals surface area contributed by atoms with E-state index in [1.54, 1.807) is 18.4 Å². The van der Waals surface area contributed by atoms with Crippen LogP contribution in [-0.4, -0.2) is 41.9 Å². The lowest BCUT2D eigenvalue weighted by Gasteiger charge is -2.31. The van der Waals surface area contributed by atoms with E-state index in [4.69, 9.17) is 4.74 Å². The average molecular weight is 312 g/mol. The van der Waals surface area contributed by atoms with Crippen LogP contribution in [0, 0.1) is 19.8 Å². The van der Waals surface area contributed by atoms with Gasteiger partial charge in [0, 0.05) is 30.9 Å². The van der Waals surface area contributed by atoms with E-state index in [9.17, 15) is 9.90 Å². The van der Waals surface area contributed by atoms with Crippen LogP contribution in [0.4, 0.5) is 0 Å². The number of aliphatic hydroxyl groups excluding tert-OH is 1. The van der Waals surface area contributed by atoms with Crippen LogP contribution in [0.1, 0.15) is 34.8 Å². The molecule has 21 heavy (non-hydrogen) atoms. The minimum atomic E-state index is -0.444. The molecule has 0 radical (unpaired) electrons. The van der Waals surface area contributed by atoms with Crippen LogP contribution in [0.15, 0.2) is 0 Å². The summed E-state index contributed by atoms with van der Waals surface area (Å²) in [6, 6.07) is 0. The van der Waals surface area contributed by atoms with E-state index in [0.29, 0.717) is 19.4 Å². The Labute approximate surface area is 129 Å². The fourth-order valence-electron chi connectivity index (χ4n) is 2.69. The van der Waals surface area contributed by atoms with Crippen molar-refractivity contribution in [3.05, 3.63) is 15.6 Å². The first-order chi connectivity index (χ1) is 10.0. The smallest absolute Gasteiger partial charge is 0.223 e. The van der Waals surface area contributed by atoms with Crippen molar-refractivity contribution in [3.63, 3.8) is 0 Å². The van der Waals surface area contributed by atoms with E-state index in [-0.39, 0.29) is 17.9 Å². The molecule has 1 aromatic rings. The first-order valence-electron chi connectivity index (χ1n) is 7.42. The van der Waals surface area contributed by atoms with Crippen molar-refractivity contribution >= 4 is 17.2 Å². The van der Waals surface area contributed by atoms with Crippen LogP contribution in [0.25, 0.3) is 0 Å². The summed E-state index contributed by atoms with van der Waals surface area (Å²) < 4.78 is 5.24. The standard InChI is InChI=1S/C15H24N2O3S/c1-9-10(2)21-14(17-9)6-7-16-15(19)11-4-5-12(18)13(8-11)20-3/h11-13,18H,4-8H2,1-3H3,(H,16,19)/t11-,12+,13-/m1/s1. The number of ether oxygens (including phenoxy) is 1. The molecule has 5 nitrogen and oxygen atoms in total. The van der Waals surface area contributed by atoms with E-state index in [1.807, 2.05) is 6.92 Å². The lowest BCUT2D eigenvalue weighted by molar-refractivity contribution is -0.130. The van der Waals surface area contributed by atoms with Gasteiger partial charge in [-0.2, -0.15) is 0 Å². The number of hydrogen-bond acceptors (Lipinski definition) is 5. The van der Waals surface area contributed by atoms with E-state index < -0.39 is 6.10 Å². The Kier molecular flexibility index (Phi) is 5.72. The molecule has 0 bridgehead atoms. The molecule has 3 atom stereocenters. The van der Waals surface area contributed by atoms with Gasteiger partial charge in [0.05, 0.1) is 22.9 Å². The highest BCUT2D eigenvalue weighted by atomic mass is 32.1. The molecule has 0 unspecified atom stereocenters. The van der Waals surface area contributed by atoms with Gasteiger partial charge in [0.15, 0.2) is 0 Å². The molecule has 6 heteroatoms. The van der Waals surface area contributed by atoms with Gasteiger partial charge in [-0.05, 0) is 33.1 Å². The van der Waals surface area contributed by atoms with Crippen LogP contribution in [0.2, 0.25) is 0 Å². The van der Waals surface area contributed by atoms with Gasteiger partial charge < -0.3 is 15.2 Å². The van der Waals surface area contributed by atoms with E-state index in [2.05, 4.69) is 17.2 Å². The minimum absolute atomic E-state index is 0.0573. The highest BCUT2D eigenvalue weighted by Crippen LogP contribution is 2.26. The number of carbonyl (C=O) groups is 1. The van der Waals surface area contributed by atoms with Gasteiger partial charge in [-0.15, -0.1) is 11.3 Å². The molecule has 2 rings (SSSR count). The zero-order chi connectivity index (χ0) is 15.4. The number of nitrogens with one attached hydrogen (secondary N) is 1. The molecule has 0 aromatic carbocycles. The molecule has 0 aliphatic heterocycles. The predicted octanol–water partition coefficient (Wildman–Crippen LogP) is 1.59. The molecule has 118 valence electrons. The fraction of sp³-hybridized carbons (Fsp3) is 0.733. The average Bonchev–Trinajstić information content (AvgIpc) is 2.78. The molecule has 1 saturated carbocycles. The molecule has 1 aliphatic rings. The summed E-state index contributed by atoms with van der Waals surface area (Å²) in [4.78, 5) is 17.9. The summed E-state index contributed by atoms with van der Waals surface area (Å²) in [6.07, 6.45) is 2.05. The first-order valence-corrected chi connectivity index (χ1v) is 8.24. The number of nitrogens with zero attached hydrogens (tertiary/aromatic N) is 1. The minimum Gasteiger partial charge on any atom is -0.390 e. The Morgan fingerprint density at radius 2 is 2.24 bits per heavy atom. The highest BCUT2D eigenvalue weighted by Gasteiger charge is 2.32. The van der Waals surface area contributed by atoms with Gasteiger partial charge in [0.2, 0.25) is 5.91 Å². The number of amides is 1. The number of aryl methyl sites for hydroxylation is 2. The summed E-state index contributed by atoms with van der Waals surface area (Å²) in [5.41, 5.74) is 1.07. The molecular formula is C15H24N2O3S. The Bertz CT molecular complexity index is 470.